The third-order valence-electron chi connectivity index (χ3n) is 2.51. The maximum Gasteiger partial charge on any atom is 0.339 e. The number of para-hydroxylation sites is 2. The molecule has 2 aromatic rings. The summed E-state index contributed by atoms with van der Waals surface area (Å²) in [5, 5.41) is 23.1. The lowest BCUT2D eigenvalue weighted by Gasteiger charge is -2.01. The Morgan fingerprint density at radius 2 is 2.05 bits per heavy atom. The van der Waals surface area contributed by atoms with E-state index in [0.717, 1.165) is 10.9 Å². The number of nitro benzene ring substituents is 1. The van der Waals surface area contributed by atoms with E-state index in [2.05, 4.69) is 5.10 Å². The number of benzene rings is 1. The first kappa shape index (κ1) is 13.6. The first-order valence-corrected chi connectivity index (χ1v) is 5.26. The van der Waals surface area contributed by atoms with Gasteiger partial charge >= 0.3 is 5.97 Å². The number of hydrogen-bond donors (Lipinski definition) is 1. The molecule has 0 saturated carbocycles. The van der Waals surface area contributed by atoms with Crippen LogP contribution in [0.1, 0.15) is 22.5 Å². The van der Waals surface area contributed by atoms with E-state index in [4.69, 9.17) is 5.11 Å². The number of rotatable bonds is 4. The third-order valence-corrected chi connectivity index (χ3v) is 2.51. The molecule has 0 spiro atoms. The number of carbonyl (C=O) groups is 1. The van der Waals surface area contributed by atoms with Gasteiger partial charge in [0.25, 0.3) is 12.1 Å². The number of hydrogen-bond acceptors (Lipinski definition) is 4. The van der Waals surface area contributed by atoms with Crippen LogP contribution in [0.15, 0.2) is 30.5 Å². The van der Waals surface area contributed by atoms with E-state index in [1.165, 1.54) is 24.3 Å². The summed E-state index contributed by atoms with van der Waals surface area (Å²) in [4.78, 5) is 21.0. The SMILES string of the molecule is O=C(O)c1cn(-c2ccccc2[N+](=O)[O-])nc1C(F)F. The fraction of sp³-hybridized carbons (Fsp3) is 0.0909. The van der Waals surface area contributed by atoms with Crippen LogP contribution >= 0.6 is 0 Å². The highest BCUT2D eigenvalue weighted by Crippen LogP contribution is 2.26. The predicted octanol–water partition coefficient (Wildman–Crippen LogP) is 2.42. The number of nitro groups is 1. The molecular formula is C11H7F2N3O4. The number of halogens is 2. The second-order valence-electron chi connectivity index (χ2n) is 3.72. The summed E-state index contributed by atoms with van der Waals surface area (Å²) in [5.74, 6) is -1.58. The Hall–Kier alpha value is -2.84. The van der Waals surface area contributed by atoms with Crippen molar-refractivity contribution in [2.45, 2.75) is 6.43 Å². The van der Waals surface area contributed by atoms with Crippen molar-refractivity contribution in [1.82, 2.24) is 9.78 Å². The van der Waals surface area contributed by atoms with Gasteiger partial charge in [-0.1, -0.05) is 12.1 Å². The minimum absolute atomic E-state index is 0.0908. The Balaban J connectivity index is 2.63. The van der Waals surface area contributed by atoms with Crippen LogP contribution in [-0.4, -0.2) is 25.8 Å². The van der Waals surface area contributed by atoms with E-state index in [0.29, 0.717) is 0 Å². The zero-order chi connectivity index (χ0) is 14.9. The molecule has 0 unspecified atom stereocenters. The fourth-order valence-electron chi connectivity index (χ4n) is 1.65. The van der Waals surface area contributed by atoms with Gasteiger partial charge in [0.1, 0.15) is 16.9 Å². The number of alkyl halides is 2. The normalized spacial score (nSPS) is 10.8. The second-order valence-corrected chi connectivity index (χ2v) is 3.72. The van der Waals surface area contributed by atoms with Crippen molar-refractivity contribution in [3.63, 3.8) is 0 Å². The van der Waals surface area contributed by atoms with E-state index in [1.54, 1.807) is 0 Å². The predicted molar refractivity (Wildman–Crippen MR) is 62.1 cm³/mol. The first-order chi connectivity index (χ1) is 9.41. The maximum atomic E-state index is 12.7. The molecule has 1 aromatic carbocycles. The Morgan fingerprint density at radius 3 is 2.55 bits per heavy atom. The highest BCUT2D eigenvalue weighted by atomic mass is 19.3. The van der Waals surface area contributed by atoms with Crippen LogP contribution in [0.5, 0.6) is 0 Å². The quantitative estimate of drug-likeness (QED) is 0.686. The number of aromatic carboxylic acids is 1. The highest BCUT2D eigenvalue weighted by molar-refractivity contribution is 5.88. The Labute approximate surface area is 110 Å². The average molecular weight is 283 g/mol. The van der Waals surface area contributed by atoms with Crippen LogP contribution in [0.4, 0.5) is 14.5 Å². The molecule has 0 amide bonds. The largest absolute Gasteiger partial charge is 0.478 e. The molecule has 0 bridgehead atoms. The Bertz CT molecular complexity index is 684. The molecule has 0 aliphatic heterocycles. The summed E-state index contributed by atoms with van der Waals surface area (Å²) >= 11 is 0. The zero-order valence-corrected chi connectivity index (χ0v) is 9.73. The smallest absolute Gasteiger partial charge is 0.339 e. The van der Waals surface area contributed by atoms with Crippen molar-refractivity contribution in [2.24, 2.45) is 0 Å². The van der Waals surface area contributed by atoms with Gasteiger partial charge in [-0.2, -0.15) is 5.10 Å². The van der Waals surface area contributed by atoms with Crippen LogP contribution in [-0.2, 0) is 0 Å². The lowest BCUT2D eigenvalue weighted by Crippen LogP contribution is -2.01. The van der Waals surface area contributed by atoms with Gasteiger partial charge < -0.3 is 5.11 Å². The van der Waals surface area contributed by atoms with Gasteiger partial charge in [-0.05, 0) is 6.07 Å². The minimum Gasteiger partial charge on any atom is -0.478 e. The highest BCUT2D eigenvalue weighted by Gasteiger charge is 2.25. The van der Waals surface area contributed by atoms with Crippen LogP contribution in [0, 0.1) is 10.1 Å². The van der Waals surface area contributed by atoms with Crippen molar-refractivity contribution in [2.75, 3.05) is 0 Å². The van der Waals surface area contributed by atoms with Gasteiger partial charge in [-0.25, -0.2) is 18.3 Å². The summed E-state index contributed by atoms with van der Waals surface area (Å²) in [6, 6.07) is 5.30. The standard InChI is InChI=1S/C11H7F2N3O4/c12-10(13)9-6(11(17)18)5-15(14-9)7-3-1-2-4-8(7)16(19)20/h1-5,10H,(H,17,18). The average Bonchev–Trinajstić information content (AvgIpc) is 2.83. The molecule has 0 atom stereocenters. The molecular weight excluding hydrogens is 276 g/mol. The van der Waals surface area contributed by atoms with Gasteiger partial charge in [0.05, 0.1) is 4.92 Å². The third kappa shape index (κ3) is 2.32. The number of aromatic nitrogens is 2. The summed E-state index contributed by atoms with van der Waals surface area (Å²) in [6.45, 7) is 0. The molecule has 7 nitrogen and oxygen atoms in total. The monoisotopic (exact) mass is 283 g/mol. The molecule has 104 valence electrons. The fourth-order valence-corrected chi connectivity index (χ4v) is 1.65. The van der Waals surface area contributed by atoms with E-state index in [9.17, 15) is 23.7 Å². The lowest BCUT2D eigenvalue weighted by atomic mass is 10.2. The van der Waals surface area contributed by atoms with Crippen molar-refractivity contribution < 1.29 is 23.6 Å². The van der Waals surface area contributed by atoms with Crippen LogP contribution in [0.25, 0.3) is 5.69 Å². The van der Waals surface area contributed by atoms with Gasteiger partial charge in [0, 0.05) is 12.3 Å². The number of carboxylic acids is 1. The minimum atomic E-state index is -3.09. The van der Waals surface area contributed by atoms with Crippen molar-refractivity contribution in [3.8, 4) is 5.69 Å². The summed E-state index contributed by atoms with van der Waals surface area (Å²) in [5.41, 5.74) is -2.09. The molecule has 0 aliphatic rings. The molecule has 2 rings (SSSR count). The molecule has 0 saturated heterocycles. The van der Waals surface area contributed by atoms with E-state index in [-0.39, 0.29) is 11.4 Å². The van der Waals surface area contributed by atoms with Gasteiger partial charge in [-0.3, -0.25) is 10.1 Å². The molecule has 9 heteroatoms. The summed E-state index contributed by atoms with van der Waals surface area (Å²) in [6.07, 6.45) is -2.27. The topological polar surface area (TPSA) is 98.3 Å². The molecule has 0 aliphatic carbocycles. The van der Waals surface area contributed by atoms with E-state index in [1.807, 2.05) is 0 Å². The first-order valence-electron chi connectivity index (χ1n) is 5.26. The Morgan fingerprint density at radius 1 is 1.40 bits per heavy atom. The van der Waals surface area contributed by atoms with E-state index < -0.39 is 28.6 Å². The molecule has 0 fully saturated rings. The number of nitrogens with zero attached hydrogens (tertiary/aromatic N) is 3. The summed E-state index contributed by atoms with van der Waals surface area (Å²) in [7, 11) is 0. The van der Waals surface area contributed by atoms with Crippen molar-refractivity contribution in [3.05, 3.63) is 51.8 Å². The molecule has 20 heavy (non-hydrogen) atoms. The molecule has 1 aromatic heterocycles. The number of carboxylic acid groups (broad SMARTS) is 1. The molecule has 1 N–H and O–H groups in total. The molecule has 1 heterocycles. The van der Waals surface area contributed by atoms with Crippen molar-refractivity contribution in [1.29, 1.82) is 0 Å². The van der Waals surface area contributed by atoms with E-state index >= 15 is 0 Å². The van der Waals surface area contributed by atoms with Crippen LogP contribution < -0.4 is 0 Å². The molecule has 0 radical (unpaired) electrons. The zero-order valence-electron chi connectivity index (χ0n) is 9.73. The van der Waals surface area contributed by atoms with Gasteiger partial charge in [0.15, 0.2) is 0 Å². The van der Waals surface area contributed by atoms with Gasteiger partial charge in [0.2, 0.25) is 0 Å². The van der Waals surface area contributed by atoms with Crippen LogP contribution in [0.3, 0.4) is 0 Å². The lowest BCUT2D eigenvalue weighted by molar-refractivity contribution is -0.384. The maximum absolute atomic E-state index is 12.7. The van der Waals surface area contributed by atoms with Gasteiger partial charge in [-0.15, -0.1) is 0 Å². The second kappa shape index (κ2) is 5.03. The van der Waals surface area contributed by atoms with Crippen molar-refractivity contribution >= 4 is 11.7 Å². The Kier molecular flexibility index (Phi) is 3.42. The summed E-state index contributed by atoms with van der Waals surface area (Å²) < 4.78 is 26.2. The van der Waals surface area contributed by atoms with Crippen LogP contribution in [0.2, 0.25) is 0 Å².